The van der Waals surface area contributed by atoms with E-state index in [1.54, 1.807) is 0 Å². The maximum Gasteiger partial charge on any atom is 0.242 e. The summed E-state index contributed by atoms with van der Waals surface area (Å²) < 4.78 is 0. The lowest BCUT2D eigenvalue weighted by Gasteiger charge is -2.23. The Kier molecular flexibility index (Phi) is 5.63. The number of rotatable bonds is 5. The second-order valence-corrected chi connectivity index (χ2v) is 7.49. The van der Waals surface area contributed by atoms with E-state index in [4.69, 9.17) is 11.6 Å². The van der Waals surface area contributed by atoms with E-state index in [1.807, 2.05) is 67.6 Å². The Labute approximate surface area is 180 Å². The van der Waals surface area contributed by atoms with Crippen LogP contribution >= 0.6 is 11.6 Å². The van der Waals surface area contributed by atoms with Crippen molar-refractivity contribution in [2.45, 2.75) is 20.3 Å². The van der Waals surface area contributed by atoms with Gasteiger partial charge in [-0.3, -0.25) is 10.2 Å². The van der Waals surface area contributed by atoms with E-state index in [1.165, 1.54) is 17.5 Å². The highest BCUT2D eigenvalue weighted by Gasteiger charge is 2.16. The molecule has 150 valence electrons. The third-order valence-corrected chi connectivity index (χ3v) is 4.98. The first kappa shape index (κ1) is 19.9. The Morgan fingerprint density at radius 2 is 1.70 bits per heavy atom. The molecular formula is C24H21ClN4O. The fourth-order valence-electron chi connectivity index (χ4n) is 3.30. The molecule has 0 bridgehead atoms. The minimum Gasteiger partial charge on any atom is -0.274 e. The number of aryl methyl sites for hydroxylation is 1. The molecule has 6 heteroatoms. The van der Waals surface area contributed by atoms with E-state index < -0.39 is 0 Å². The van der Waals surface area contributed by atoms with Gasteiger partial charge >= 0.3 is 0 Å². The average Bonchev–Trinajstić information content (AvgIpc) is 2.73. The van der Waals surface area contributed by atoms with Gasteiger partial charge < -0.3 is 0 Å². The highest BCUT2D eigenvalue weighted by molar-refractivity contribution is 6.28. The van der Waals surface area contributed by atoms with Crippen LogP contribution in [0.25, 0.3) is 10.9 Å². The zero-order chi connectivity index (χ0) is 21.1. The number of nitrogens with one attached hydrogen (secondary N) is 1. The lowest BCUT2D eigenvalue weighted by molar-refractivity contribution is -0.116. The molecule has 1 heterocycles. The number of hydrogen-bond acceptors (Lipinski definition) is 4. The monoisotopic (exact) mass is 416 g/mol. The number of aromatic nitrogens is 2. The first-order valence-electron chi connectivity index (χ1n) is 9.64. The lowest BCUT2D eigenvalue weighted by Crippen LogP contribution is -2.34. The SMILES string of the molecule is CC(=O)N(Nc1nc(Cl)nc2ccc(Cc3ccccc3)cc12)c1ccc(C)cc1. The van der Waals surface area contributed by atoms with Crippen molar-refractivity contribution < 1.29 is 4.79 Å². The van der Waals surface area contributed by atoms with Gasteiger partial charge in [0.05, 0.1) is 11.2 Å². The minimum atomic E-state index is -0.165. The van der Waals surface area contributed by atoms with Crippen LogP contribution in [-0.4, -0.2) is 15.9 Å². The molecule has 0 aliphatic heterocycles. The summed E-state index contributed by atoms with van der Waals surface area (Å²) in [5, 5.41) is 2.38. The largest absolute Gasteiger partial charge is 0.274 e. The van der Waals surface area contributed by atoms with Crippen molar-refractivity contribution in [2.75, 3.05) is 10.4 Å². The van der Waals surface area contributed by atoms with Gasteiger partial charge in [0.2, 0.25) is 11.2 Å². The molecule has 0 aliphatic carbocycles. The van der Waals surface area contributed by atoms with Gasteiger partial charge in [-0.05, 0) is 60.3 Å². The van der Waals surface area contributed by atoms with E-state index in [0.29, 0.717) is 11.3 Å². The van der Waals surface area contributed by atoms with Crippen LogP contribution in [0.15, 0.2) is 72.8 Å². The second kappa shape index (κ2) is 8.51. The molecule has 4 aromatic rings. The number of hydrogen-bond donors (Lipinski definition) is 1. The minimum absolute atomic E-state index is 0.119. The van der Waals surface area contributed by atoms with Crippen molar-refractivity contribution in [3.63, 3.8) is 0 Å². The maximum atomic E-state index is 12.3. The Hall–Kier alpha value is -3.44. The molecule has 4 rings (SSSR count). The number of benzene rings is 3. The Morgan fingerprint density at radius 3 is 2.40 bits per heavy atom. The van der Waals surface area contributed by atoms with Crippen LogP contribution in [0.1, 0.15) is 23.6 Å². The van der Waals surface area contributed by atoms with Gasteiger partial charge in [0, 0.05) is 12.3 Å². The number of nitrogens with zero attached hydrogens (tertiary/aromatic N) is 3. The number of hydrazine groups is 1. The van der Waals surface area contributed by atoms with E-state index in [2.05, 4.69) is 27.5 Å². The van der Waals surface area contributed by atoms with Crippen molar-refractivity contribution in [3.8, 4) is 0 Å². The van der Waals surface area contributed by atoms with Gasteiger partial charge in [-0.15, -0.1) is 0 Å². The molecule has 0 saturated carbocycles. The van der Waals surface area contributed by atoms with Crippen LogP contribution in [0.4, 0.5) is 11.5 Å². The van der Waals surface area contributed by atoms with E-state index in [9.17, 15) is 4.79 Å². The molecule has 3 aromatic carbocycles. The molecule has 0 unspecified atom stereocenters. The highest BCUT2D eigenvalue weighted by atomic mass is 35.5. The number of carbonyl (C=O) groups is 1. The maximum absolute atomic E-state index is 12.3. The number of amides is 1. The molecule has 1 aromatic heterocycles. The summed E-state index contributed by atoms with van der Waals surface area (Å²) in [5.74, 6) is 0.317. The standard InChI is InChI=1S/C24H21ClN4O/c1-16-8-11-20(12-9-16)29(17(2)30)28-23-21-15-19(14-18-6-4-3-5-7-18)10-13-22(21)26-24(25)27-23/h3-13,15H,14H2,1-2H3,(H,26,27,28). The zero-order valence-corrected chi connectivity index (χ0v) is 17.5. The molecule has 0 saturated heterocycles. The first-order chi connectivity index (χ1) is 14.5. The van der Waals surface area contributed by atoms with Crippen LogP contribution < -0.4 is 10.4 Å². The van der Waals surface area contributed by atoms with E-state index in [-0.39, 0.29) is 11.2 Å². The van der Waals surface area contributed by atoms with Gasteiger partial charge in [-0.1, -0.05) is 54.1 Å². The normalized spacial score (nSPS) is 10.8. The summed E-state index contributed by atoms with van der Waals surface area (Å²) >= 11 is 6.16. The lowest BCUT2D eigenvalue weighted by atomic mass is 10.0. The zero-order valence-electron chi connectivity index (χ0n) is 16.8. The van der Waals surface area contributed by atoms with Crippen molar-refractivity contribution in [1.29, 1.82) is 0 Å². The van der Waals surface area contributed by atoms with Gasteiger partial charge in [-0.2, -0.15) is 4.98 Å². The number of fused-ring (bicyclic) bond motifs is 1. The number of halogens is 1. The van der Waals surface area contributed by atoms with Crippen molar-refractivity contribution in [3.05, 3.63) is 94.8 Å². The number of carbonyl (C=O) groups excluding carboxylic acids is 1. The fourth-order valence-corrected chi connectivity index (χ4v) is 3.47. The van der Waals surface area contributed by atoms with Gasteiger partial charge in [0.25, 0.3) is 0 Å². The summed E-state index contributed by atoms with van der Waals surface area (Å²) in [5.41, 5.74) is 8.01. The second-order valence-electron chi connectivity index (χ2n) is 7.16. The summed E-state index contributed by atoms with van der Waals surface area (Å²) in [7, 11) is 0. The van der Waals surface area contributed by atoms with Crippen LogP contribution in [0.5, 0.6) is 0 Å². The third-order valence-electron chi connectivity index (χ3n) is 4.81. The first-order valence-corrected chi connectivity index (χ1v) is 10.0. The highest BCUT2D eigenvalue weighted by Crippen LogP contribution is 2.26. The topological polar surface area (TPSA) is 58.1 Å². The molecule has 1 N–H and O–H groups in total. The van der Waals surface area contributed by atoms with Crippen LogP contribution in [0.3, 0.4) is 0 Å². The van der Waals surface area contributed by atoms with Gasteiger partial charge in [0.15, 0.2) is 5.82 Å². The fraction of sp³-hybridized carbons (Fsp3) is 0.125. The van der Waals surface area contributed by atoms with Crippen LogP contribution in [-0.2, 0) is 11.2 Å². The Balaban J connectivity index is 1.73. The van der Waals surface area contributed by atoms with E-state index in [0.717, 1.165) is 28.6 Å². The van der Waals surface area contributed by atoms with Crippen LogP contribution in [0.2, 0.25) is 5.28 Å². The van der Waals surface area contributed by atoms with Crippen molar-refractivity contribution >= 4 is 39.9 Å². The predicted octanol–water partition coefficient (Wildman–Crippen LogP) is 5.56. The summed E-state index contributed by atoms with van der Waals surface area (Å²) in [6, 6.07) is 23.9. The molecule has 0 radical (unpaired) electrons. The molecular weight excluding hydrogens is 396 g/mol. The smallest absolute Gasteiger partial charge is 0.242 e. The predicted molar refractivity (Wildman–Crippen MR) is 122 cm³/mol. The Morgan fingerprint density at radius 1 is 0.967 bits per heavy atom. The summed E-state index contributed by atoms with van der Waals surface area (Å²) in [6.45, 7) is 3.50. The van der Waals surface area contributed by atoms with Crippen molar-refractivity contribution in [2.24, 2.45) is 0 Å². The number of anilines is 2. The summed E-state index contributed by atoms with van der Waals surface area (Å²) in [6.07, 6.45) is 0.785. The van der Waals surface area contributed by atoms with Gasteiger partial charge in [-0.25, -0.2) is 9.99 Å². The Bertz CT molecular complexity index is 1190. The van der Waals surface area contributed by atoms with Gasteiger partial charge in [0.1, 0.15) is 0 Å². The molecule has 0 fully saturated rings. The third kappa shape index (κ3) is 4.42. The molecule has 0 atom stereocenters. The molecule has 5 nitrogen and oxygen atoms in total. The van der Waals surface area contributed by atoms with E-state index >= 15 is 0 Å². The molecule has 1 amide bonds. The van der Waals surface area contributed by atoms with Crippen molar-refractivity contribution in [1.82, 2.24) is 9.97 Å². The molecule has 0 aliphatic rings. The molecule has 0 spiro atoms. The van der Waals surface area contributed by atoms with Crippen LogP contribution in [0, 0.1) is 6.92 Å². The average molecular weight is 417 g/mol. The quantitative estimate of drug-likeness (QED) is 0.341. The summed E-state index contributed by atoms with van der Waals surface area (Å²) in [4.78, 5) is 21.0. The molecule has 30 heavy (non-hydrogen) atoms.